The van der Waals surface area contributed by atoms with Crippen molar-refractivity contribution in [2.45, 2.75) is 25.5 Å². The number of imide groups is 1. The second-order valence-corrected chi connectivity index (χ2v) is 6.76. The van der Waals surface area contributed by atoms with Gasteiger partial charge in [0.25, 0.3) is 11.8 Å². The molecule has 2 unspecified atom stereocenters. The number of hydrogen-bond donors (Lipinski definition) is 2. The van der Waals surface area contributed by atoms with Crippen molar-refractivity contribution >= 4 is 17.7 Å². The molecule has 1 heterocycles. The van der Waals surface area contributed by atoms with Gasteiger partial charge in [-0.25, -0.2) is 0 Å². The normalized spacial score (nSPS) is 20.9. The fourth-order valence-corrected chi connectivity index (χ4v) is 3.66. The highest BCUT2D eigenvalue weighted by Crippen LogP contribution is 2.31. The molecule has 4 rings (SSSR count). The van der Waals surface area contributed by atoms with Crippen LogP contribution in [0.5, 0.6) is 0 Å². The first-order valence-electron chi connectivity index (χ1n) is 8.48. The van der Waals surface area contributed by atoms with Gasteiger partial charge in [-0.2, -0.15) is 0 Å². The summed E-state index contributed by atoms with van der Waals surface area (Å²) in [6.45, 7) is 1.48. The number of nitrogens with one attached hydrogen (secondary N) is 1. The van der Waals surface area contributed by atoms with E-state index in [-0.39, 0.29) is 6.54 Å². The molecule has 6 nitrogen and oxygen atoms in total. The lowest BCUT2D eigenvalue weighted by atomic mass is 10.1. The summed E-state index contributed by atoms with van der Waals surface area (Å²) in [5.74, 6) is -1.40. The standard InChI is InChI=1S/C20H18N2O4/c1-11-6-7-14-15(8-11)20(26)22(19(14)25)10-17(24)21-18-13-5-3-2-4-12(13)9-16(18)23/h2-8,16,18,23H,9-10H2,1H3,(H,21,24). The van der Waals surface area contributed by atoms with E-state index in [2.05, 4.69) is 5.32 Å². The first-order valence-corrected chi connectivity index (χ1v) is 8.48. The van der Waals surface area contributed by atoms with Crippen LogP contribution in [0.25, 0.3) is 0 Å². The van der Waals surface area contributed by atoms with Crippen LogP contribution in [0.15, 0.2) is 42.5 Å². The second kappa shape index (κ2) is 6.07. The summed E-state index contributed by atoms with van der Waals surface area (Å²) < 4.78 is 0. The van der Waals surface area contributed by atoms with Crippen LogP contribution in [-0.4, -0.2) is 40.4 Å². The van der Waals surface area contributed by atoms with Crippen LogP contribution in [0.3, 0.4) is 0 Å². The monoisotopic (exact) mass is 350 g/mol. The molecule has 2 atom stereocenters. The largest absolute Gasteiger partial charge is 0.390 e. The van der Waals surface area contributed by atoms with E-state index < -0.39 is 29.9 Å². The van der Waals surface area contributed by atoms with E-state index in [0.717, 1.165) is 21.6 Å². The van der Waals surface area contributed by atoms with Crippen LogP contribution in [0.4, 0.5) is 0 Å². The number of amides is 3. The molecule has 0 saturated carbocycles. The summed E-state index contributed by atoms with van der Waals surface area (Å²) in [6.07, 6.45) is -0.255. The Morgan fingerprint density at radius 3 is 2.69 bits per heavy atom. The molecule has 132 valence electrons. The van der Waals surface area contributed by atoms with Gasteiger partial charge in [0.1, 0.15) is 6.54 Å². The fourth-order valence-electron chi connectivity index (χ4n) is 3.66. The molecule has 0 saturated heterocycles. The topological polar surface area (TPSA) is 86.7 Å². The summed E-state index contributed by atoms with van der Waals surface area (Å²) in [4.78, 5) is 38.3. The number of fused-ring (bicyclic) bond motifs is 2. The van der Waals surface area contributed by atoms with E-state index in [4.69, 9.17) is 0 Å². The van der Waals surface area contributed by atoms with E-state index in [1.807, 2.05) is 31.2 Å². The molecule has 0 spiro atoms. The molecule has 0 bridgehead atoms. The van der Waals surface area contributed by atoms with Gasteiger partial charge in [-0.15, -0.1) is 0 Å². The van der Waals surface area contributed by atoms with Gasteiger partial charge in [-0.3, -0.25) is 19.3 Å². The zero-order chi connectivity index (χ0) is 18.4. The highest BCUT2D eigenvalue weighted by atomic mass is 16.3. The maximum atomic E-state index is 12.5. The highest BCUT2D eigenvalue weighted by Gasteiger charge is 2.38. The molecule has 2 aromatic rings. The van der Waals surface area contributed by atoms with Crippen molar-refractivity contribution in [1.82, 2.24) is 10.2 Å². The maximum absolute atomic E-state index is 12.5. The van der Waals surface area contributed by atoms with Gasteiger partial charge in [0.15, 0.2) is 0 Å². The first-order chi connectivity index (χ1) is 12.5. The second-order valence-electron chi connectivity index (χ2n) is 6.76. The molecular formula is C20H18N2O4. The Morgan fingerprint density at radius 2 is 1.88 bits per heavy atom. The number of nitrogens with zero attached hydrogens (tertiary/aromatic N) is 1. The maximum Gasteiger partial charge on any atom is 0.262 e. The van der Waals surface area contributed by atoms with Crippen molar-refractivity contribution < 1.29 is 19.5 Å². The molecule has 2 aliphatic rings. The van der Waals surface area contributed by atoms with Gasteiger partial charge in [0.2, 0.25) is 5.91 Å². The van der Waals surface area contributed by atoms with E-state index in [1.165, 1.54) is 0 Å². The predicted molar refractivity (Wildman–Crippen MR) is 93.6 cm³/mol. The molecule has 1 aliphatic heterocycles. The number of carbonyl (C=O) groups excluding carboxylic acids is 3. The zero-order valence-corrected chi connectivity index (χ0v) is 14.2. The van der Waals surface area contributed by atoms with Gasteiger partial charge < -0.3 is 10.4 Å². The summed E-state index contributed by atoms with van der Waals surface area (Å²) >= 11 is 0. The van der Waals surface area contributed by atoms with Crippen molar-refractivity contribution in [1.29, 1.82) is 0 Å². The van der Waals surface area contributed by atoms with Gasteiger partial charge >= 0.3 is 0 Å². The lowest BCUT2D eigenvalue weighted by Crippen LogP contribution is -2.43. The Kier molecular flexibility index (Phi) is 3.85. The summed E-state index contributed by atoms with van der Waals surface area (Å²) in [5, 5.41) is 13.0. The van der Waals surface area contributed by atoms with Crippen molar-refractivity contribution in [3.63, 3.8) is 0 Å². The predicted octanol–water partition coefficient (Wildman–Crippen LogP) is 1.37. The van der Waals surface area contributed by atoms with Crippen molar-refractivity contribution in [2.75, 3.05) is 6.54 Å². The van der Waals surface area contributed by atoms with E-state index >= 15 is 0 Å². The van der Waals surface area contributed by atoms with E-state index in [1.54, 1.807) is 18.2 Å². The Balaban J connectivity index is 1.50. The smallest absolute Gasteiger partial charge is 0.262 e. The number of rotatable bonds is 3. The molecule has 3 amide bonds. The number of hydrogen-bond acceptors (Lipinski definition) is 4. The van der Waals surface area contributed by atoms with Crippen LogP contribution in [0.1, 0.15) is 43.4 Å². The summed E-state index contributed by atoms with van der Waals surface area (Å²) in [7, 11) is 0. The third-order valence-electron chi connectivity index (χ3n) is 4.95. The van der Waals surface area contributed by atoms with Crippen molar-refractivity contribution in [3.05, 3.63) is 70.3 Å². The number of aliphatic hydroxyl groups is 1. The molecule has 0 fully saturated rings. The minimum absolute atomic E-state index is 0.319. The fraction of sp³-hybridized carbons (Fsp3) is 0.250. The molecule has 1 aliphatic carbocycles. The zero-order valence-electron chi connectivity index (χ0n) is 14.2. The average molecular weight is 350 g/mol. The minimum atomic E-state index is -0.721. The lowest BCUT2D eigenvalue weighted by Gasteiger charge is -2.20. The van der Waals surface area contributed by atoms with E-state index in [0.29, 0.717) is 17.5 Å². The van der Waals surface area contributed by atoms with Crippen LogP contribution in [-0.2, 0) is 11.2 Å². The SMILES string of the molecule is Cc1ccc2c(c1)C(=O)N(CC(=O)NC1c3ccccc3CC1O)C2=O. The van der Waals surface area contributed by atoms with Crippen LogP contribution in [0, 0.1) is 6.92 Å². The number of aliphatic hydroxyl groups excluding tert-OH is 1. The Morgan fingerprint density at radius 1 is 1.15 bits per heavy atom. The Hall–Kier alpha value is -2.99. The van der Waals surface area contributed by atoms with Gasteiger partial charge in [-0.05, 0) is 30.2 Å². The van der Waals surface area contributed by atoms with Crippen LogP contribution in [0.2, 0.25) is 0 Å². The molecule has 26 heavy (non-hydrogen) atoms. The number of aryl methyl sites for hydroxylation is 1. The van der Waals surface area contributed by atoms with Crippen molar-refractivity contribution in [2.24, 2.45) is 0 Å². The molecule has 2 aromatic carbocycles. The van der Waals surface area contributed by atoms with Gasteiger partial charge in [-0.1, -0.05) is 35.9 Å². The average Bonchev–Trinajstić information content (AvgIpc) is 3.04. The lowest BCUT2D eigenvalue weighted by molar-refractivity contribution is -0.122. The molecular weight excluding hydrogens is 332 g/mol. The minimum Gasteiger partial charge on any atom is -0.390 e. The third kappa shape index (κ3) is 2.59. The molecule has 0 aromatic heterocycles. The highest BCUT2D eigenvalue weighted by molar-refractivity contribution is 6.22. The third-order valence-corrected chi connectivity index (χ3v) is 4.95. The van der Waals surface area contributed by atoms with Gasteiger partial charge in [0.05, 0.1) is 23.3 Å². The Bertz CT molecular complexity index is 937. The van der Waals surface area contributed by atoms with Crippen LogP contribution < -0.4 is 5.32 Å². The number of benzene rings is 2. The molecule has 2 N–H and O–H groups in total. The quantitative estimate of drug-likeness (QED) is 0.819. The molecule has 6 heteroatoms. The Labute approximate surface area is 150 Å². The van der Waals surface area contributed by atoms with Gasteiger partial charge in [0, 0.05) is 6.42 Å². The summed E-state index contributed by atoms with van der Waals surface area (Å²) in [6, 6.07) is 12.0. The first kappa shape index (κ1) is 16.5. The van der Waals surface area contributed by atoms with Crippen molar-refractivity contribution in [3.8, 4) is 0 Å². The number of carbonyl (C=O) groups is 3. The van der Waals surface area contributed by atoms with Crippen LogP contribution >= 0.6 is 0 Å². The van der Waals surface area contributed by atoms with E-state index in [9.17, 15) is 19.5 Å². The molecule has 0 radical (unpaired) electrons. The summed E-state index contributed by atoms with van der Waals surface area (Å²) in [5.41, 5.74) is 3.38.